The Balaban J connectivity index is 1.62. The van der Waals surface area contributed by atoms with Crippen LogP contribution in [0.3, 0.4) is 0 Å². The van der Waals surface area contributed by atoms with Crippen molar-refractivity contribution >= 4 is 38.1 Å². The van der Waals surface area contributed by atoms with Gasteiger partial charge in [-0.15, -0.1) is 11.3 Å². The van der Waals surface area contributed by atoms with E-state index in [2.05, 4.69) is 10.1 Å². The normalized spacial score (nSPS) is 16.8. The summed E-state index contributed by atoms with van der Waals surface area (Å²) in [5.41, 5.74) is 3.81. The molecule has 3 heterocycles. The lowest BCUT2D eigenvalue weighted by molar-refractivity contribution is 0.365. The van der Waals surface area contributed by atoms with Crippen molar-refractivity contribution in [2.45, 2.75) is 24.3 Å². The Morgan fingerprint density at radius 2 is 1.77 bits per heavy atom. The van der Waals surface area contributed by atoms with Gasteiger partial charge < -0.3 is 0 Å². The van der Waals surface area contributed by atoms with Gasteiger partial charge >= 0.3 is 0 Å². The van der Waals surface area contributed by atoms with E-state index in [9.17, 15) is 8.42 Å². The molecule has 0 aliphatic carbocycles. The monoisotopic (exact) mass is 434 g/mol. The van der Waals surface area contributed by atoms with E-state index in [4.69, 9.17) is 4.98 Å². The molecule has 0 fully saturated rings. The first-order chi connectivity index (χ1) is 14.5. The van der Waals surface area contributed by atoms with Gasteiger partial charge in [0.2, 0.25) is 0 Å². The van der Waals surface area contributed by atoms with E-state index < -0.39 is 16.1 Å². The molecule has 1 atom stereocenters. The summed E-state index contributed by atoms with van der Waals surface area (Å²) < 4.78 is 28.2. The van der Waals surface area contributed by atoms with Crippen LogP contribution in [0.4, 0.5) is 0 Å². The Kier molecular flexibility index (Phi) is 4.60. The van der Waals surface area contributed by atoms with E-state index in [0.29, 0.717) is 12.1 Å². The van der Waals surface area contributed by atoms with Gasteiger partial charge in [0.1, 0.15) is 6.04 Å². The highest BCUT2D eigenvalue weighted by molar-refractivity contribution is 7.89. The molecule has 2 aromatic carbocycles. The maximum atomic E-state index is 13.5. The number of hydrogen-bond acceptors (Lipinski definition) is 6. The van der Waals surface area contributed by atoms with Gasteiger partial charge in [-0.05, 0) is 42.6 Å². The number of benzene rings is 2. The maximum absolute atomic E-state index is 13.5. The van der Waals surface area contributed by atoms with Crippen LogP contribution in [0, 0.1) is 6.92 Å². The topological polar surface area (TPSA) is 75.5 Å². The molecule has 0 spiro atoms. The van der Waals surface area contributed by atoms with Gasteiger partial charge in [0.15, 0.2) is 0 Å². The van der Waals surface area contributed by atoms with Gasteiger partial charge in [-0.3, -0.25) is 4.98 Å². The summed E-state index contributed by atoms with van der Waals surface area (Å²) in [5.74, 6) is 0. The molecule has 0 saturated heterocycles. The molecule has 5 rings (SSSR count). The predicted octanol–water partition coefficient (Wildman–Crippen LogP) is 4.54. The number of hydrazone groups is 1. The Hall–Kier alpha value is -3.10. The van der Waals surface area contributed by atoms with E-state index >= 15 is 0 Å². The lowest BCUT2D eigenvalue weighted by atomic mass is 10.1. The summed E-state index contributed by atoms with van der Waals surface area (Å²) in [6, 6.07) is 17.7. The minimum atomic E-state index is -3.85. The number of fused-ring (bicyclic) bond motifs is 1. The second-order valence-electron chi connectivity index (χ2n) is 7.12. The first-order valence-corrected chi connectivity index (χ1v) is 11.8. The Morgan fingerprint density at radius 1 is 1.00 bits per heavy atom. The second kappa shape index (κ2) is 7.30. The molecule has 0 saturated carbocycles. The van der Waals surface area contributed by atoms with E-state index in [1.54, 1.807) is 41.8 Å². The molecule has 0 N–H and O–H groups in total. The fourth-order valence-electron chi connectivity index (χ4n) is 3.47. The number of thiophene rings is 1. The van der Waals surface area contributed by atoms with Crippen LogP contribution in [-0.2, 0) is 10.0 Å². The van der Waals surface area contributed by atoms with Crippen molar-refractivity contribution in [3.8, 4) is 0 Å². The molecular formula is C22H18N4O2S2. The quantitative estimate of drug-likeness (QED) is 0.473. The highest BCUT2D eigenvalue weighted by Gasteiger charge is 2.39. The Morgan fingerprint density at radius 3 is 2.50 bits per heavy atom. The summed E-state index contributed by atoms with van der Waals surface area (Å²) in [4.78, 5) is 10.4. The van der Waals surface area contributed by atoms with E-state index in [1.165, 1.54) is 4.41 Å². The summed E-state index contributed by atoms with van der Waals surface area (Å²) >= 11 is 1.54. The third-order valence-electron chi connectivity index (χ3n) is 5.05. The van der Waals surface area contributed by atoms with Gasteiger partial charge in [-0.1, -0.05) is 35.9 Å². The molecule has 4 aromatic rings. The number of para-hydroxylation sites is 2. The van der Waals surface area contributed by atoms with Crippen LogP contribution < -0.4 is 0 Å². The molecule has 8 heteroatoms. The fourth-order valence-corrected chi connectivity index (χ4v) is 5.61. The minimum Gasteiger partial charge on any atom is -0.253 e. The molecule has 150 valence electrons. The molecule has 1 aliphatic heterocycles. The number of hydrogen-bond donors (Lipinski definition) is 0. The van der Waals surface area contributed by atoms with E-state index in [-0.39, 0.29) is 4.90 Å². The van der Waals surface area contributed by atoms with Gasteiger partial charge in [0, 0.05) is 6.42 Å². The van der Waals surface area contributed by atoms with Crippen LogP contribution in [0.15, 0.2) is 82.2 Å². The first kappa shape index (κ1) is 18.9. The van der Waals surface area contributed by atoms with Gasteiger partial charge in [-0.2, -0.15) is 17.9 Å². The lowest BCUT2D eigenvalue weighted by Crippen LogP contribution is -2.28. The molecule has 2 aromatic heterocycles. The van der Waals surface area contributed by atoms with Crippen molar-refractivity contribution in [2.75, 3.05) is 0 Å². The predicted molar refractivity (Wildman–Crippen MR) is 118 cm³/mol. The maximum Gasteiger partial charge on any atom is 0.279 e. The van der Waals surface area contributed by atoms with Crippen molar-refractivity contribution in [1.82, 2.24) is 14.4 Å². The van der Waals surface area contributed by atoms with Crippen molar-refractivity contribution < 1.29 is 8.42 Å². The van der Waals surface area contributed by atoms with Crippen molar-refractivity contribution in [3.63, 3.8) is 0 Å². The summed E-state index contributed by atoms with van der Waals surface area (Å²) in [5, 5.41) is 6.50. The highest BCUT2D eigenvalue weighted by Crippen LogP contribution is 2.37. The number of aryl methyl sites for hydroxylation is 1. The van der Waals surface area contributed by atoms with Crippen LogP contribution in [0.2, 0.25) is 0 Å². The van der Waals surface area contributed by atoms with Gasteiger partial charge in [-0.25, -0.2) is 4.98 Å². The van der Waals surface area contributed by atoms with Crippen LogP contribution in [-0.4, -0.2) is 28.5 Å². The van der Waals surface area contributed by atoms with Crippen LogP contribution >= 0.6 is 11.3 Å². The third-order valence-corrected chi connectivity index (χ3v) is 7.67. The molecule has 0 amide bonds. The Bertz CT molecular complexity index is 1350. The van der Waals surface area contributed by atoms with Crippen molar-refractivity contribution in [3.05, 3.63) is 88.4 Å². The largest absolute Gasteiger partial charge is 0.279 e. The SMILES string of the molecule is Cc1ccc(S(=O)(=O)N2N=C(c3cccs3)CC2c2cnc3ccccc3n2)cc1. The number of sulfonamides is 1. The molecule has 30 heavy (non-hydrogen) atoms. The minimum absolute atomic E-state index is 0.211. The molecule has 1 unspecified atom stereocenters. The Labute approximate surface area is 178 Å². The molecule has 1 aliphatic rings. The standard InChI is InChI=1S/C22H18N4O2S2/c1-15-8-10-16(11-9-15)30(27,28)26-21(13-19(25-26)22-7-4-12-29-22)20-14-23-17-5-2-3-6-18(17)24-20/h2-12,14,21H,13H2,1H3. The first-order valence-electron chi connectivity index (χ1n) is 9.46. The van der Waals surface area contributed by atoms with Crippen molar-refractivity contribution in [1.29, 1.82) is 0 Å². The molecular weight excluding hydrogens is 416 g/mol. The van der Waals surface area contributed by atoms with Crippen LogP contribution in [0.5, 0.6) is 0 Å². The zero-order valence-corrected chi connectivity index (χ0v) is 17.8. The highest BCUT2D eigenvalue weighted by atomic mass is 32.2. The zero-order valence-electron chi connectivity index (χ0n) is 16.1. The van der Waals surface area contributed by atoms with Crippen LogP contribution in [0.1, 0.15) is 28.6 Å². The average molecular weight is 435 g/mol. The fraction of sp³-hybridized carbons (Fsp3) is 0.136. The smallest absolute Gasteiger partial charge is 0.253 e. The van der Waals surface area contributed by atoms with Gasteiger partial charge in [0.25, 0.3) is 10.0 Å². The summed E-state index contributed by atoms with van der Waals surface area (Å²) in [7, 11) is -3.85. The summed E-state index contributed by atoms with van der Waals surface area (Å²) in [6.45, 7) is 1.92. The van der Waals surface area contributed by atoms with E-state index in [0.717, 1.165) is 27.2 Å². The zero-order chi connectivity index (χ0) is 20.7. The number of aromatic nitrogens is 2. The van der Waals surface area contributed by atoms with Crippen LogP contribution in [0.25, 0.3) is 11.0 Å². The van der Waals surface area contributed by atoms with Gasteiger partial charge in [0.05, 0.1) is 38.4 Å². The van der Waals surface area contributed by atoms with E-state index in [1.807, 2.05) is 48.7 Å². The number of nitrogens with zero attached hydrogens (tertiary/aromatic N) is 4. The second-order valence-corrected chi connectivity index (χ2v) is 9.86. The third kappa shape index (κ3) is 3.28. The van der Waals surface area contributed by atoms with Crippen molar-refractivity contribution in [2.24, 2.45) is 5.10 Å². The molecule has 0 radical (unpaired) electrons. The molecule has 6 nitrogen and oxygen atoms in total. The summed E-state index contributed by atoms with van der Waals surface area (Å²) in [6.07, 6.45) is 2.09. The average Bonchev–Trinajstić information content (AvgIpc) is 3.44. The number of rotatable bonds is 4. The molecule has 0 bridgehead atoms. The lowest BCUT2D eigenvalue weighted by Gasteiger charge is -2.22.